The molecule has 1 aromatic heterocycles. The fourth-order valence-electron chi connectivity index (χ4n) is 1.43. The zero-order valence-corrected chi connectivity index (χ0v) is 9.88. The smallest absolute Gasteiger partial charge is 0.348 e. The first-order valence-corrected chi connectivity index (χ1v) is 5.04. The van der Waals surface area contributed by atoms with E-state index in [1.807, 2.05) is 12.1 Å². The molecule has 1 aromatic carbocycles. The quantitative estimate of drug-likeness (QED) is 0.793. The maximum atomic E-state index is 11.5. The third kappa shape index (κ3) is 2.01. The number of rotatable bonds is 3. The molecule has 0 N–H and O–H groups in total. The first kappa shape index (κ1) is 11.3. The number of ether oxygens (including phenoxy) is 2. The summed E-state index contributed by atoms with van der Waals surface area (Å²) in [5, 5.41) is 3.97. The molecule has 0 aliphatic rings. The van der Waals surface area contributed by atoms with E-state index in [1.54, 1.807) is 33.3 Å². The summed E-state index contributed by atoms with van der Waals surface area (Å²) < 4.78 is 13.2. The standard InChI is InChI=1S/C11H13N3O3/c1-13-10(12-14(2)11(13)15)17-9-7-5-4-6-8(9)16-3/h4-7H,1-3H3. The topological polar surface area (TPSA) is 58.3 Å². The van der Waals surface area contributed by atoms with Crippen LogP contribution in [0.4, 0.5) is 0 Å². The summed E-state index contributed by atoms with van der Waals surface area (Å²) in [6, 6.07) is 7.40. The van der Waals surface area contributed by atoms with Crippen molar-refractivity contribution in [2.24, 2.45) is 14.1 Å². The van der Waals surface area contributed by atoms with E-state index in [2.05, 4.69) is 5.10 Å². The Balaban J connectivity index is 2.38. The van der Waals surface area contributed by atoms with Gasteiger partial charge in [0.1, 0.15) is 0 Å². The lowest BCUT2D eigenvalue weighted by Crippen LogP contribution is -2.20. The van der Waals surface area contributed by atoms with Gasteiger partial charge in [0.05, 0.1) is 7.11 Å². The molecule has 6 heteroatoms. The van der Waals surface area contributed by atoms with Gasteiger partial charge in [0.2, 0.25) is 0 Å². The molecule has 2 aromatic rings. The minimum absolute atomic E-state index is 0.224. The predicted molar refractivity (Wildman–Crippen MR) is 61.5 cm³/mol. The molecule has 0 saturated heterocycles. The fourth-order valence-corrected chi connectivity index (χ4v) is 1.43. The van der Waals surface area contributed by atoms with Crippen molar-refractivity contribution in [3.05, 3.63) is 34.7 Å². The highest BCUT2D eigenvalue weighted by Gasteiger charge is 2.11. The largest absolute Gasteiger partial charge is 0.493 e. The lowest BCUT2D eigenvalue weighted by atomic mass is 10.3. The molecule has 0 aliphatic heterocycles. The molecule has 1 heterocycles. The van der Waals surface area contributed by atoms with E-state index >= 15 is 0 Å². The van der Waals surface area contributed by atoms with Gasteiger partial charge < -0.3 is 9.47 Å². The Hall–Kier alpha value is -2.24. The maximum Gasteiger partial charge on any atom is 0.348 e. The molecule has 90 valence electrons. The number of hydrogen-bond acceptors (Lipinski definition) is 4. The number of para-hydroxylation sites is 2. The number of aryl methyl sites for hydroxylation is 1. The Morgan fingerprint density at radius 2 is 1.82 bits per heavy atom. The molecular formula is C11H13N3O3. The van der Waals surface area contributed by atoms with E-state index in [0.29, 0.717) is 11.5 Å². The summed E-state index contributed by atoms with van der Waals surface area (Å²) in [5.74, 6) is 1.11. The molecule has 0 unspecified atom stereocenters. The van der Waals surface area contributed by atoms with E-state index in [1.165, 1.54) is 9.25 Å². The van der Waals surface area contributed by atoms with Crippen molar-refractivity contribution >= 4 is 0 Å². The molecule has 0 amide bonds. The van der Waals surface area contributed by atoms with Gasteiger partial charge in [0, 0.05) is 14.1 Å². The molecule has 0 fully saturated rings. The fraction of sp³-hybridized carbons (Fsp3) is 0.273. The van der Waals surface area contributed by atoms with Crippen LogP contribution in [0.25, 0.3) is 0 Å². The predicted octanol–water partition coefficient (Wildman–Crippen LogP) is 0.920. The van der Waals surface area contributed by atoms with Gasteiger partial charge in [-0.1, -0.05) is 12.1 Å². The summed E-state index contributed by atoms with van der Waals surface area (Å²) in [6.07, 6.45) is 0. The summed E-state index contributed by atoms with van der Waals surface area (Å²) in [4.78, 5) is 11.5. The average molecular weight is 235 g/mol. The van der Waals surface area contributed by atoms with Crippen molar-refractivity contribution in [3.8, 4) is 17.5 Å². The first-order valence-electron chi connectivity index (χ1n) is 5.04. The van der Waals surface area contributed by atoms with E-state index in [-0.39, 0.29) is 11.7 Å². The Morgan fingerprint density at radius 3 is 2.35 bits per heavy atom. The molecule has 0 aliphatic carbocycles. The third-order valence-electron chi connectivity index (χ3n) is 2.36. The molecule has 0 bridgehead atoms. The van der Waals surface area contributed by atoms with Gasteiger partial charge in [0.25, 0.3) is 0 Å². The molecule has 0 radical (unpaired) electrons. The first-order chi connectivity index (χ1) is 8.13. The summed E-state index contributed by atoms with van der Waals surface area (Å²) >= 11 is 0. The number of aromatic nitrogens is 3. The van der Waals surface area contributed by atoms with Crippen molar-refractivity contribution in [1.82, 2.24) is 14.3 Å². The zero-order chi connectivity index (χ0) is 12.4. The molecule has 0 saturated carbocycles. The van der Waals surface area contributed by atoms with Crippen LogP contribution in [0.15, 0.2) is 29.1 Å². The zero-order valence-electron chi connectivity index (χ0n) is 9.88. The van der Waals surface area contributed by atoms with Gasteiger partial charge in [-0.25, -0.2) is 14.0 Å². The monoisotopic (exact) mass is 235 g/mol. The lowest BCUT2D eigenvalue weighted by molar-refractivity contribution is 0.360. The Bertz CT molecular complexity index is 586. The summed E-state index contributed by atoms with van der Waals surface area (Å²) in [6.45, 7) is 0. The molecule has 0 spiro atoms. The van der Waals surface area contributed by atoms with Gasteiger partial charge in [-0.2, -0.15) is 0 Å². The Kier molecular flexibility index (Phi) is 2.86. The van der Waals surface area contributed by atoms with Gasteiger partial charge >= 0.3 is 11.7 Å². The highest BCUT2D eigenvalue weighted by Crippen LogP contribution is 2.29. The summed E-state index contributed by atoms with van der Waals surface area (Å²) in [7, 11) is 4.72. The Labute approximate surface area is 98.0 Å². The number of methoxy groups -OCH3 is 1. The normalized spacial score (nSPS) is 10.3. The van der Waals surface area contributed by atoms with Crippen LogP contribution in [0.1, 0.15) is 0 Å². The molecule has 6 nitrogen and oxygen atoms in total. The van der Waals surface area contributed by atoms with Gasteiger partial charge in [-0.15, -0.1) is 5.10 Å². The van der Waals surface area contributed by atoms with Gasteiger partial charge in [0.15, 0.2) is 11.5 Å². The van der Waals surface area contributed by atoms with Crippen LogP contribution in [0.3, 0.4) is 0 Å². The Morgan fingerprint density at radius 1 is 1.18 bits per heavy atom. The van der Waals surface area contributed by atoms with Crippen molar-refractivity contribution in [2.45, 2.75) is 0 Å². The van der Waals surface area contributed by atoms with E-state index < -0.39 is 0 Å². The second-order valence-electron chi connectivity index (χ2n) is 3.50. The second kappa shape index (κ2) is 4.32. The molecule has 2 rings (SSSR count). The minimum atomic E-state index is -0.241. The van der Waals surface area contributed by atoms with Crippen molar-refractivity contribution in [2.75, 3.05) is 7.11 Å². The molecular weight excluding hydrogens is 222 g/mol. The van der Waals surface area contributed by atoms with Crippen LogP contribution in [0, 0.1) is 0 Å². The number of hydrogen-bond donors (Lipinski definition) is 0. The van der Waals surface area contributed by atoms with E-state index in [9.17, 15) is 4.79 Å². The van der Waals surface area contributed by atoms with Crippen LogP contribution in [0.2, 0.25) is 0 Å². The van der Waals surface area contributed by atoms with Gasteiger partial charge in [-0.3, -0.25) is 0 Å². The van der Waals surface area contributed by atoms with Crippen molar-refractivity contribution in [1.29, 1.82) is 0 Å². The molecule has 0 atom stereocenters. The van der Waals surface area contributed by atoms with Crippen LogP contribution >= 0.6 is 0 Å². The van der Waals surface area contributed by atoms with E-state index in [0.717, 1.165) is 0 Å². The maximum absolute atomic E-state index is 11.5. The van der Waals surface area contributed by atoms with Crippen molar-refractivity contribution < 1.29 is 9.47 Å². The highest BCUT2D eigenvalue weighted by molar-refractivity contribution is 5.40. The van der Waals surface area contributed by atoms with Gasteiger partial charge in [-0.05, 0) is 12.1 Å². The number of benzene rings is 1. The van der Waals surface area contributed by atoms with Crippen LogP contribution in [-0.2, 0) is 14.1 Å². The van der Waals surface area contributed by atoms with Crippen molar-refractivity contribution in [3.63, 3.8) is 0 Å². The van der Waals surface area contributed by atoms with Crippen LogP contribution in [-0.4, -0.2) is 21.5 Å². The number of nitrogens with zero attached hydrogens (tertiary/aromatic N) is 3. The SMILES string of the molecule is COc1ccccc1Oc1nn(C)c(=O)n1C. The third-order valence-corrected chi connectivity index (χ3v) is 2.36. The minimum Gasteiger partial charge on any atom is -0.493 e. The highest BCUT2D eigenvalue weighted by atomic mass is 16.5. The second-order valence-corrected chi connectivity index (χ2v) is 3.50. The summed E-state index contributed by atoms with van der Waals surface area (Å²) in [5.41, 5.74) is -0.241. The molecule has 17 heavy (non-hydrogen) atoms. The van der Waals surface area contributed by atoms with Crippen LogP contribution < -0.4 is 15.2 Å². The lowest BCUT2D eigenvalue weighted by Gasteiger charge is -2.07. The van der Waals surface area contributed by atoms with E-state index in [4.69, 9.17) is 9.47 Å². The van der Waals surface area contributed by atoms with Crippen LogP contribution in [0.5, 0.6) is 17.5 Å². The average Bonchev–Trinajstić information content (AvgIpc) is 2.58.